The van der Waals surface area contributed by atoms with Crippen LogP contribution in [0.4, 0.5) is 0 Å². The van der Waals surface area contributed by atoms with E-state index in [4.69, 9.17) is 10.4 Å². The van der Waals surface area contributed by atoms with Crippen LogP contribution < -0.4 is 4.72 Å². The predicted octanol–water partition coefficient (Wildman–Crippen LogP) is -0.399. The molecule has 9 heteroatoms. The van der Waals surface area contributed by atoms with Crippen molar-refractivity contribution in [2.24, 2.45) is 0 Å². The maximum Gasteiger partial charge on any atom is 0.356 e. The number of carbonyl (C=O) groups is 1. The van der Waals surface area contributed by atoms with Crippen molar-refractivity contribution in [3.05, 3.63) is 11.2 Å². The molecule has 0 saturated heterocycles. The van der Waals surface area contributed by atoms with Crippen molar-refractivity contribution >= 4 is 27.3 Å². The van der Waals surface area contributed by atoms with Crippen LogP contribution in [-0.4, -0.2) is 24.5 Å². The summed E-state index contributed by atoms with van der Waals surface area (Å²) in [5.41, 5.74) is 0.493. The van der Waals surface area contributed by atoms with Gasteiger partial charge in [0.2, 0.25) is 0 Å². The summed E-state index contributed by atoms with van der Waals surface area (Å²) in [5.74, 6) is -1.45. The van der Waals surface area contributed by atoms with Crippen LogP contribution in [0.3, 0.4) is 0 Å². The Balaban J connectivity index is 3.28. The van der Waals surface area contributed by atoms with E-state index in [9.17, 15) is 13.2 Å². The minimum atomic E-state index is -4.08. The molecule has 2 N–H and O–H groups in total. The van der Waals surface area contributed by atoms with Gasteiger partial charge < -0.3 is 5.11 Å². The van der Waals surface area contributed by atoms with Gasteiger partial charge in [0.05, 0.1) is 5.51 Å². The maximum absolute atomic E-state index is 11.2. The van der Waals surface area contributed by atoms with Gasteiger partial charge in [-0.15, -0.1) is 11.3 Å². The topological polar surface area (TPSA) is 120 Å². The van der Waals surface area contributed by atoms with Crippen LogP contribution in [0.15, 0.2) is 9.72 Å². The highest BCUT2D eigenvalue weighted by Gasteiger charge is 2.25. The molecule has 0 unspecified atom stereocenters. The highest BCUT2D eigenvalue weighted by atomic mass is 32.2. The van der Waals surface area contributed by atoms with Crippen LogP contribution in [0.5, 0.6) is 0 Å². The van der Waals surface area contributed by atoms with Crippen molar-refractivity contribution < 1.29 is 18.3 Å². The summed E-state index contributed by atoms with van der Waals surface area (Å²) in [6, 6.07) is 0. The van der Waals surface area contributed by atoms with Crippen LogP contribution in [-0.2, 0) is 10.0 Å². The SMILES string of the molecule is N#CNS(=O)(=O)c1scnc1C(=O)O. The number of hydrogen-bond donors (Lipinski definition) is 2. The average Bonchev–Trinajstić information content (AvgIpc) is 2.51. The first-order valence-corrected chi connectivity index (χ1v) is 5.43. The van der Waals surface area contributed by atoms with Gasteiger partial charge in [0.25, 0.3) is 10.0 Å². The van der Waals surface area contributed by atoms with E-state index in [-0.39, 0.29) is 0 Å². The highest BCUT2D eigenvalue weighted by molar-refractivity contribution is 7.91. The van der Waals surface area contributed by atoms with Gasteiger partial charge in [-0.3, -0.25) is 0 Å². The van der Waals surface area contributed by atoms with E-state index in [2.05, 4.69) is 4.98 Å². The van der Waals surface area contributed by atoms with Gasteiger partial charge in [-0.05, 0) is 0 Å². The van der Waals surface area contributed by atoms with Crippen molar-refractivity contribution in [1.82, 2.24) is 9.71 Å². The summed E-state index contributed by atoms with van der Waals surface area (Å²) in [6.45, 7) is 0. The standard InChI is InChI=1S/C5H3N3O4S2/c6-1-8-14(11,12)5-3(4(9)10)7-2-13-5/h2,8H,(H,9,10). The van der Waals surface area contributed by atoms with Crippen molar-refractivity contribution in [1.29, 1.82) is 5.26 Å². The van der Waals surface area contributed by atoms with E-state index < -0.39 is 25.9 Å². The lowest BCUT2D eigenvalue weighted by Crippen LogP contribution is -2.19. The molecule has 0 aliphatic rings. The number of thiazole rings is 1. The van der Waals surface area contributed by atoms with Gasteiger partial charge in [-0.2, -0.15) is 13.7 Å². The first-order valence-electron chi connectivity index (χ1n) is 3.06. The summed E-state index contributed by atoms with van der Waals surface area (Å²) in [7, 11) is -4.08. The van der Waals surface area contributed by atoms with Crippen LogP contribution >= 0.6 is 11.3 Å². The number of hydrogen-bond acceptors (Lipinski definition) is 6. The van der Waals surface area contributed by atoms with Crippen molar-refractivity contribution in [3.63, 3.8) is 0 Å². The van der Waals surface area contributed by atoms with E-state index in [0.717, 1.165) is 5.51 Å². The minimum Gasteiger partial charge on any atom is -0.476 e. The van der Waals surface area contributed by atoms with Crippen molar-refractivity contribution in [3.8, 4) is 6.19 Å². The third-order valence-electron chi connectivity index (χ3n) is 1.16. The zero-order chi connectivity index (χ0) is 10.8. The Kier molecular flexibility index (Phi) is 2.68. The van der Waals surface area contributed by atoms with Crippen LogP contribution in [0, 0.1) is 11.5 Å². The van der Waals surface area contributed by atoms with Crippen LogP contribution in [0.1, 0.15) is 10.5 Å². The summed E-state index contributed by atoms with van der Waals surface area (Å²) in [5, 5.41) is 16.7. The molecule has 74 valence electrons. The fourth-order valence-corrected chi connectivity index (χ4v) is 2.55. The smallest absolute Gasteiger partial charge is 0.356 e. The molecule has 1 heterocycles. The molecular formula is C5H3N3O4S2. The molecule has 0 aliphatic heterocycles. The van der Waals surface area contributed by atoms with Crippen LogP contribution in [0.25, 0.3) is 0 Å². The number of rotatable bonds is 3. The van der Waals surface area contributed by atoms with E-state index in [1.165, 1.54) is 10.9 Å². The average molecular weight is 233 g/mol. The number of aromatic carboxylic acids is 1. The molecule has 0 amide bonds. The lowest BCUT2D eigenvalue weighted by molar-refractivity contribution is 0.0687. The Morgan fingerprint density at radius 1 is 1.71 bits per heavy atom. The van der Waals surface area contributed by atoms with Crippen molar-refractivity contribution in [2.45, 2.75) is 4.21 Å². The monoisotopic (exact) mass is 233 g/mol. The largest absolute Gasteiger partial charge is 0.476 e. The van der Waals surface area contributed by atoms with Crippen LogP contribution in [0.2, 0.25) is 0 Å². The second kappa shape index (κ2) is 3.60. The van der Waals surface area contributed by atoms with Gasteiger partial charge in [0.1, 0.15) is 0 Å². The fourth-order valence-electron chi connectivity index (χ4n) is 0.675. The normalized spacial score (nSPS) is 10.5. The quantitative estimate of drug-likeness (QED) is 0.541. The molecule has 0 aromatic carbocycles. The third-order valence-corrected chi connectivity index (χ3v) is 3.77. The summed E-state index contributed by atoms with van der Waals surface area (Å²) < 4.78 is 23.4. The first-order chi connectivity index (χ1) is 6.49. The Labute approximate surface area is 82.7 Å². The van der Waals surface area contributed by atoms with E-state index in [0.29, 0.717) is 11.3 Å². The second-order valence-electron chi connectivity index (χ2n) is 2.01. The molecule has 0 fully saturated rings. The second-order valence-corrected chi connectivity index (χ2v) is 4.74. The Morgan fingerprint density at radius 2 is 2.36 bits per heavy atom. The fraction of sp³-hybridized carbons (Fsp3) is 0. The molecule has 0 spiro atoms. The molecule has 1 aromatic heterocycles. The molecule has 7 nitrogen and oxygen atoms in total. The van der Waals surface area contributed by atoms with Gasteiger partial charge in [0, 0.05) is 0 Å². The zero-order valence-corrected chi connectivity index (χ0v) is 8.09. The molecular weight excluding hydrogens is 230 g/mol. The molecule has 0 radical (unpaired) electrons. The molecule has 0 saturated carbocycles. The Hall–Kier alpha value is -1.66. The first kappa shape index (κ1) is 10.4. The zero-order valence-electron chi connectivity index (χ0n) is 6.46. The van der Waals surface area contributed by atoms with Gasteiger partial charge >= 0.3 is 5.97 Å². The van der Waals surface area contributed by atoms with E-state index in [1.54, 1.807) is 0 Å². The molecule has 0 atom stereocenters. The Morgan fingerprint density at radius 3 is 2.86 bits per heavy atom. The molecule has 1 rings (SSSR count). The highest BCUT2D eigenvalue weighted by Crippen LogP contribution is 2.19. The van der Waals surface area contributed by atoms with Gasteiger partial charge in [-0.25, -0.2) is 14.5 Å². The number of nitrogens with zero attached hydrogens (tertiary/aromatic N) is 2. The molecule has 0 bridgehead atoms. The van der Waals surface area contributed by atoms with E-state index in [1.807, 2.05) is 0 Å². The number of sulfonamides is 1. The van der Waals surface area contributed by atoms with E-state index >= 15 is 0 Å². The third kappa shape index (κ3) is 1.81. The number of aromatic nitrogens is 1. The van der Waals surface area contributed by atoms with Gasteiger partial charge in [0.15, 0.2) is 16.1 Å². The lowest BCUT2D eigenvalue weighted by Gasteiger charge is -1.97. The summed E-state index contributed by atoms with van der Waals surface area (Å²) in [6.07, 6.45) is 1.21. The maximum atomic E-state index is 11.2. The summed E-state index contributed by atoms with van der Waals surface area (Å²) >= 11 is 0.631. The van der Waals surface area contributed by atoms with Crippen molar-refractivity contribution in [2.75, 3.05) is 0 Å². The number of nitriles is 1. The molecule has 1 aromatic rings. The summed E-state index contributed by atoms with van der Waals surface area (Å²) in [4.78, 5) is 13.9. The number of carboxylic acid groups (broad SMARTS) is 1. The number of carboxylic acids is 1. The molecule has 0 aliphatic carbocycles. The number of nitrogens with one attached hydrogen (secondary N) is 1. The van der Waals surface area contributed by atoms with Gasteiger partial charge in [-0.1, -0.05) is 0 Å². The molecule has 14 heavy (non-hydrogen) atoms. The predicted molar refractivity (Wildman–Crippen MR) is 45.0 cm³/mol. The Bertz CT molecular complexity index is 497. The lowest BCUT2D eigenvalue weighted by atomic mass is 10.5. The minimum absolute atomic E-state index is 0.480.